The van der Waals surface area contributed by atoms with E-state index in [0.29, 0.717) is 0 Å². The number of carbonyl (C=O) groups is 1. The lowest BCUT2D eigenvalue weighted by atomic mass is 10.00. The van der Waals surface area contributed by atoms with E-state index in [0.717, 1.165) is 4.90 Å². The molecule has 2 aliphatic rings. The van der Waals surface area contributed by atoms with Crippen LogP contribution in [0.1, 0.15) is 0 Å². The van der Waals surface area contributed by atoms with Crippen LogP contribution in [-0.2, 0) is 4.74 Å². The second kappa shape index (κ2) is 5.78. The van der Waals surface area contributed by atoms with Gasteiger partial charge in [0.15, 0.2) is 6.23 Å². The summed E-state index contributed by atoms with van der Waals surface area (Å²) in [6, 6.07) is -0.578. The molecule has 20 heavy (non-hydrogen) atoms. The summed E-state index contributed by atoms with van der Waals surface area (Å²) < 4.78 is 5.30. The molecule has 2 rings (SSSR count). The van der Waals surface area contributed by atoms with Crippen molar-refractivity contribution < 1.29 is 30.0 Å². The maximum atomic E-state index is 11.5. The number of aliphatic hydroxyl groups is 4. The Bertz CT molecular complexity index is 459. The Morgan fingerprint density at radius 1 is 1.40 bits per heavy atom. The van der Waals surface area contributed by atoms with Gasteiger partial charge in [0.1, 0.15) is 24.4 Å². The second-order valence-electron chi connectivity index (χ2n) is 4.57. The zero-order valence-corrected chi connectivity index (χ0v) is 10.5. The fourth-order valence-corrected chi connectivity index (χ4v) is 2.21. The molecule has 8 nitrogen and oxygen atoms in total. The molecule has 0 bridgehead atoms. The fraction of sp³-hybridized carbons (Fsp3) is 0.583. The number of nitrogens with one attached hydrogen (secondary N) is 1. The molecule has 0 spiro atoms. The lowest BCUT2D eigenvalue weighted by Gasteiger charge is -2.31. The maximum absolute atomic E-state index is 11.5. The van der Waals surface area contributed by atoms with Crippen LogP contribution in [0.4, 0.5) is 4.79 Å². The van der Waals surface area contributed by atoms with Gasteiger partial charge in [0.2, 0.25) is 0 Å². The van der Waals surface area contributed by atoms with Crippen molar-refractivity contribution in [1.82, 2.24) is 10.2 Å². The second-order valence-corrected chi connectivity index (χ2v) is 4.57. The number of aliphatic hydroxyl groups excluding tert-OH is 4. The van der Waals surface area contributed by atoms with Crippen LogP contribution in [0.5, 0.6) is 0 Å². The van der Waals surface area contributed by atoms with Crippen LogP contribution in [-0.4, -0.2) is 75.2 Å². The molecule has 0 saturated carbocycles. The molecule has 0 aliphatic carbocycles. The van der Waals surface area contributed by atoms with Gasteiger partial charge in [-0.05, 0) is 0 Å². The van der Waals surface area contributed by atoms with Crippen molar-refractivity contribution in [1.29, 1.82) is 0 Å². The molecule has 8 heteroatoms. The number of urea groups is 1. The molecule has 1 saturated heterocycles. The first kappa shape index (κ1) is 14.8. The molecule has 110 valence electrons. The largest absolute Gasteiger partial charge is 0.394 e. The third-order valence-corrected chi connectivity index (χ3v) is 3.27. The Morgan fingerprint density at radius 3 is 2.65 bits per heavy atom. The lowest BCUT2D eigenvalue weighted by molar-refractivity contribution is -0.0196. The molecular formula is C12H16N2O6. The zero-order valence-electron chi connectivity index (χ0n) is 10.5. The van der Waals surface area contributed by atoms with Gasteiger partial charge in [-0.3, -0.25) is 4.90 Å². The molecule has 0 aromatic rings. The number of amides is 2. The summed E-state index contributed by atoms with van der Waals surface area (Å²) in [6.07, 6.45) is 0.448. The number of ether oxygens (including phenoxy) is 1. The molecule has 1 fully saturated rings. The van der Waals surface area contributed by atoms with Gasteiger partial charge in [-0.1, -0.05) is 5.92 Å². The van der Waals surface area contributed by atoms with Crippen molar-refractivity contribution in [3.8, 4) is 12.3 Å². The molecule has 5 N–H and O–H groups in total. The molecular weight excluding hydrogens is 268 g/mol. The van der Waals surface area contributed by atoms with Crippen molar-refractivity contribution in [3.05, 3.63) is 11.8 Å². The predicted octanol–water partition coefficient (Wildman–Crippen LogP) is -2.67. The SMILES string of the molecule is C#CCN1C=C([C@@H]2O[C@H](CO)C(O)C2O)C(O)NC1=O. The van der Waals surface area contributed by atoms with Crippen molar-refractivity contribution in [2.24, 2.45) is 0 Å². The highest BCUT2D eigenvalue weighted by atomic mass is 16.6. The third kappa shape index (κ3) is 2.49. The van der Waals surface area contributed by atoms with E-state index in [1.54, 1.807) is 0 Å². The number of rotatable bonds is 3. The average Bonchev–Trinajstić information content (AvgIpc) is 2.70. The topological polar surface area (TPSA) is 122 Å². The van der Waals surface area contributed by atoms with Crippen LogP contribution in [0.2, 0.25) is 0 Å². The molecule has 0 radical (unpaired) electrons. The Balaban J connectivity index is 2.24. The molecule has 3 unspecified atom stereocenters. The Labute approximate surface area is 115 Å². The first-order valence-corrected chi connectivity index (χ1v) is 6.02. The van der Waals surface area contributed by atoms with E-state index in [1.807, 2.05) is 0 Å². The number of hydrogen-bond donors (Lipinski definition) is 5. The van der Waals surface area contributed by atoms with Gasteiger partial charge in [0.05, 0.1) is 13.2 Å². The van der Waals surface area contributed by atoms with E-state index in [9.17, 15) is 20.1 Å². The average molecular weight is 284 g/mol. The smallest absolute Gasteiger partial charge is 0.324 e. The van der Waals surface area contributed by atoms with Crippen molar-refractivity contribution in [3.63, 3.8) is 0 Å². The molecule has 0 aromatic carbocycles. The van der Waals surface area contributed by atoms with E-state index in [4.69, 9.17) is 16.3 Å². The van der Waals surface area contributed by atoms with Gasteiger partial charge in [0.25, 0.3) is 0 Å². The van der Waals surface area contributed by atoms with Crippen LogP contribution in [0.25, 0.3) is 0 Å². The fourth-order valence-electron chi connectivity index (χ4n) is 2.21. The standard InChI is InChI=1S/C12H16N2O6/c1-2-3-14-4-6(11(18)13-12(14)19)10-9(17)8(16)7(5-15)20-10/h1,4,7-11,15-18H,3,5H2,(H,13,19)/t7-,8?,9?,10+,11?/m1/s1. The van der Waals surface area contributed by atoms with Crippen molar-refractivity contribution in [2.75, 3.05) is 13.2 Å². The normalized spacial score (nSPS) is 37.4. The van der Waals surface area contributed by atoms with Gasteiger partial charge in [-0.2, -0.15) is 0 Å². The summed E-state index contributed by atoms with van der Waals surface area (Å²) >= 11 is 0. The van der Waals surface area contributed by atoms with Gasteiger partial charge in [-0.15, -0.1) is 6.42 Å². The minimum absolute atomic E-state index is 0.0170. The minimum atomic E-state index is -1.36. The van der Waals surface area contributed by atoms with Crippen LogP contribution >= 0.6 is 0 Å². The minimum Gasteiger partial charge on any atom is -0.394 e. The third-order valence-electron chi connectivity index (χ3n) is 3.27. The first-order chi connectivity index (χ1) is 9.49. The summed E-state index contributed by atoms with van der Waals surface area (Å²) in [7, 11) is 0. The van der Waals surface area contributed by atoms with E-state index in [2.05, 4.69) is 11.2 Å². The van der Waals surface area contributed by atoms with Crippen molar-refractivity contribution >= 4 is 6.03 Å². The number of hydrogen-bond acceptors (Lipinski definition) is 6. The summed E-state index contributed by atoms with van der Waals surface area (Å²) in [4.78, 5) is 12.7. The van der Waals surface area contributed by atoms with Gasteiger partial charge in [0, 0.05) is 11.8 Å². The Morgan fingerprint density at radius 2 is 2.10 bits per heavy atom. The zero-order chi connectivity index (χ0) is 14.9. The summed E-state index contributed by atoms with van der Waals surface area (Å²) in [5.74, 6) is 2.28. The van der Waals surface area contributed by atoms with Gasteiger partial charge >= 0.3 is 6.03 Å². The van der Waals surface area contributed by atoms with E-state index in [1.165, 1.54) is 6.20 Å². The number of terminal acetylenes is 1. The van der Waals surface area contributed by atoms with Crippen LogP contribution in [0, 0.1) is 12.3 Å². The monoisotopic (exact) mass is 284 g/mol. The maximum Gasteiger partial charge on any atom is 0.324 e. The number of nitrogens with zero attached hydrogens (tertiary/aromatic N) is 1. The molecule has 2 amide bonds. The summed E-state index contributed by atoms with van der Waals surface area (Å²) in [5, 5.41) is 40.7. The highest BCUT2D eigenvalue weighted by Gasteiger charge is 2.46. The van der Waals surface area contributed by atoms with Gasteiger partial charge < -0.3 is 30.5 Å². The highest BCUT2D eigenvalue weighted by molar-refractivity contribution is 5.77. The molecule has 0 aromatic heterocycles. The Kier molecular flexibility index (Phi) is 4.27. The summed E-state index contributed by atoms with van der Waals surface area (Å²) in [5.41, 5.74) is 0.155. The van der Waals surface area contributed by atoms with Gasteiger partial charge in [-0.25, -0.2) is 4.79 Å². The number of carbonyl (C=O) groups excluding carboxylic acids is 1. The highest BCUT2D eigenvalue weighted by Crippen LogP contribution is 2.29. The molecule has 2 heterocycles. The van der Waals surface area contributed by atoms with E-state index in [-0.39, 0.29) is 12.1 Å². The molecule has 2 aliphatic heterocycles. The van der Waals surface area contributed by atoms with E-state index >= 15 is 0 Å². The first-order valence-electron chi connectivity index (χ1n) is 6.02. The summed E-state index contributed by atoms with van der Waals surface area (Å²) in [6.45, 7) is -0.491. The Hall–Kier alpha value is -1.63. The van der Waals surface area contributed by atoms with Crippen LogP contribution in [0.3, 0.4) is 0 Å². The van der Waals surface area contributed by atoms with Crippen LogP contribution in [0.15, 0.2) is 11.8 Å². The quantitative estimate of drug-likeness (QED) is 0.360. The van der Waals surface area contributed by atoms with Crippen molar-refractivity contribution in [2.45, 2.75) is 30.6 Å². The van der Waals surface area contributed by atoms with Crippen LogP contribution < -0.4 is 5.32 Å². The lowest BCUT2D eigenvalue weighted by Crippen LogP contribution is -2.51. The predicted molar refractivity (Wildman–Crippen MR) is 65.9 cm³/mol. The molecule has 5 atom stereocenters. The van der Waals surface area contributed by atoms with E-state index < -0.39 is 43.3 Å².